The summed E-state index contributed by atoms with van der Waals surface area (Å²) in [4.78, 5) is 23.5. The summed E-state index contributed by atoms with van der Waals surface area (Å²) in [6, 6.07) is 12.3. The molecule has 0 unspecified atom stereocenters. The summed E-state index contributed by atoms with van der Waals surface area (Å²) in [6.07, 6.45) is 1.75. The van der Waals surface area contributed by atoms with Crippen molar-refractivity contribution in [2.24, 2.45) is 0 Å². The number of sulfonamides is 1. The van der Waals surface area contributed by atoms with Gasteiger partial charge in [0.05, 0.1) is 21.4 Å². The van der Waals surface area contributed by atoms with Crippen LogP contribution in [0.4, 0.5) is 0 Å². The van der Waals surface area contributed by atoms with Gasteiger partial charge in [-0.15, -0.1) is 0 Å². The molecule has 1 fully saturated rings. The Hall–Kier alpha value is -2.72. The number of aromatic amines is 2. The van der Waals surface area contributed by atoms with Gasteiger partial charge in [-0.2, -0.15) is 4.31 Å². The van der Waals surface area contributed by atoms with Crippen LogP contribution in [-0.2, 0) is 16.6 Å². The second-order valence-corrected chi connectivity index (χ2v) is 9.91. The number of benzene rings is 2. The molecule has 3 heterocycles. The third-order valence-corrected chi connectivity index (χ3v) is 7.91. The number of hydrogen-bond donors (Lipinski definition) is 2. The number of fused-ring (bicyclic) bond motifs is 2. The van der Waals surface area contributed by atoms with Gasteiger partial charge in [0, 0.05) is 54.9 Å². The van der Waals surface area contributed by atoms with Crippen molar-refractivity contribution in [2.45, 2.75) is 11.4 Å². The summed E-state index contributed by atoms with van der Waals surface area (Å²) in [5, 5.41) is 1.69. The fraction of sp³-hybridized carbons (Fsp3) is 0.238. The molecule has 0 amide bonds. The smallest absolute Gasteiger partial charge is 0.306 e. The van der Waals surface area contributed by atoms with Crippen LogP contribution in [0.2, 0.25) is 5.02 Å². The van der Waals surface area contributed by atoms with Crippen LogP contribution in [0.1, 0.15) is 5.56 Å². The molecule has 2 aromatic carbocycles. The minimum atomic E-state index is -3.65. The SMILES string of the molecule is O=c1[nH]c2ccc(S(=O)(=O)N3CCN(Cc4c(Cl)ccc5cccnc45)CC3)cc2[nH]1. The summed E-state index contributed by atoms with van der Waals surface area (Å²) in [5.41, 5.74) is 2.52. The Kier molecular flexibility index (Phi) is 5.05. The van der Waals surface area contributed by atoms with E-state index < -0.39 is 10.0 Å². The molecule has 0 aliphatic carbocycles. The number of imidazole rings is 1. The van der Waals surface area contributed by atoms with Crippen LogP contribution in [0, 0.1) is 0 Å². The van der Waals surface area contributed by atoms with E-state index in [2.05, 4.69) is 19.9 Å². The highest BCUT2D eigenvalue weighted by Gasteiger charge is 2.29. The van der Waals surface area contributed by atoms with E-state index in [1.54, 1.807) is 12.3 Å². The van der Waals surface area contributed by atoms with Crippen LogP contribution in [0.3, 0.4) is 0 Å². The number of H-pyrrole nitrogens is 2. The molecule has 10 heteroatoms. The first-order chi connectivity index (χ1) is 14.9. The van der Waals surface area contributed by atoms with Gasteiger partial charge in [-0.1, -0.05) is 23.7 Å². The van der Waals surface area contributed by atoms with Crippen LogP contribution in [0.5, 0.6) is 0 Å². The van der Waals surface area contributed by atoms with Crippen LogP contribution in [0.15, 0.2) is 58.4 Å². The molecule has 0 bridgehead atoms. The van der Waals surface area contributed by atoms with E-state index in [0.29, 0.717) is 48.8 Å². The van der Waals surface area contributed by atoms with Crippen molar-refractivity contribution in [1.82, 2.24) is 24.2 Å². The highest BCUT2D eigenvalue weighted by Crippen LogP contribution is 2.27. The van der Waals surface area contributed by atoms with Crippen molar-refractivity contribution in [2.75, 3.05) is 26.2 Å². The maximum Gasteiger partial charge on any atom is 0.323 e. The number of piperazine rings is 1. The lowest BCUT2D eigenvalue weighted by molar-refractivity contribution is 0.182. The monoisotopic (exact) mass is 457 g/mol. The maximum absolute atomic E-state index is 13.1. The zero-order chi connectivity index (χ0) is 21.6. The molecule has 2 N–H and O–H groups in total. The fourth-order valence-corrected chi connectivity index (χ4v) is 5.67. The van der Waals surface area contributed by atoms with Gasteiger partial charge in [0.15, 0.2) is 0 Å². The number of nitrogens with one attached hydrogen (secondary N) is 2. The lowest BCUT2D eigenvalue weighted by Gasteiger charge is -2.34. The normalized spacial score (nSPS) is 16.3. The zero-order valence-corrected chi connectivity index (χ0v) is 18.1. The predicted molar refractivity (Wildman–Crippen MR) is 120 cm³/mol. The maximum atomic E-state index is 13.1. The van der Waals surface area contributed by atoms with Gasteiger partial charge in [-0.3, -0.25) is 9.88 Å². The second-order valence-electron chi connectivity index (χ2n) is 7.57. The van der Waals surface area contributed by atoms with E-state index >= 15 is 0 Å². The van der Waals surface area contributed by atoms with Crippen molar-refractivity contribution in [3.63, 3.8) is 0 Å². The Morgan fingerprint density at radius 3 is 2.58 bits per heavy atom. The van der Waals surface area contributed by atoms with Gasteiger partial charge >= 0.3 is 5.69 Å². The molecule has 0 radical (unpaired) electrons. The van der Waals surface area contributed by atoms with Gasteiger partial charge in [-0.05, 0) is 30.3 Å². The highest BCUT2D eigenvalue weighted by atomic mass is 35.5. The van der Waals surface area contributed by atoms with Crippen LogP contribution in [-0.4, -0.2) is 58.8 Å². The number of rotatable bonds is 4. The summed E-state index contributed by atoms with van der Waals surface area (Å²) < 4.78 is 27.7. The fourth-order valence-electron chi connectivity index (χ4n) is 4.00. The molecule has 31 heavy (non-hydrogen) atoms. The summed E-state index contributed by atoms with van der Waals surface area (Å²) in [7, 11) is -3.65. The third-order valence-electron chi connectivity index (χ3n) is 5.66. The first-order valence-corrected chi connectivity index (χ1v) is 11.7. The molecule has 4 aromatic rings. The number of aromatic nitrogens is 3. The van der Waals surface area contributed by atoms with Crippen molar-refractivity contribution in [1.29, 1.82) is 0 Å². The second kappa shape index (κ2) is 7.76. The van der Waals surface area contributed by atoms with Crippen molar-refractivity contribution >= 4 is 43.6 Å². The third kappa shape index (κ3) is 3.74. The molecule has 2 aromatic heterocycles. The zero-order valence-electron chi connectivity index (χ0n) is 16.5. The average molecular weight is 458 g/mol. The lowest BCUT2D eigenvalue weighted by atomic mass is 10.1. The molecule has 5 rings (SSSR count). The first kappa shape index (κ1) is 20.2. The molecular weight excluding hydrogens is 438 g/mol. The molecule has 160 valence electrons. The quantitative estimate of drug-likeness (QED) is 0.490. The standard InChI is InChI=1S/C21H20ClN5O3S/c22-17-5-3-14-2-1-7-23-20(14)16(17)13-26-8-10-27(11-9-26)31(29,30)15-4-6-18-19(12-15)25-21(28)24-18/h1-7,12H,8-11,13H2,(H2,24,25,28). The largest absolute Gasteiger partial charge is 0.323 e. The Balaban J connectivity index is 1.33. The molecule has 0 spiro atoms. The van der Waals surface area contributed by atoms with Gasteiger partial charge < -0.3 is 9.97 Å². The molecule has 0 atom stereocenters. The first-order valence-electron chi connectivity index (χ1n) is 9.88. The Bertz CT molecular complexity index is 1440. The molecule has 0 saturated carbocycles. The summed E-state index contributed by atoms with van der Waals surface area (Å²) >= 11 is 6.45. The molecule has 1 saturated heterocycles. The Morgan fingerprint density at radius 2 is 1.77 bits per heavy atom. The molecular formula is C21H20ClN5O3S. The highest BCUT2D eigenvalue weighted by molar-refractivity contribution is 7.89. The summed E-state index contributed by atoms with van der Waals surface area (Å²) in [5.74, 6) is 0. The van der Waals surface area contributed by atoms with E-state index in [1.165, 1.54) is 16.4 Å². The minimum Gasteiger partial charge on any atom is -0.306 e. The van der Waals surface area contributed by atoms with Crippen LogP contribution < -0.4 is 5.69 Å². The van der Waals surface area contributed by atoms with Gasteiger partial charge in [0.2, 0.25) is 10.0 Å². The van der Waals surface area contributed by atoms with Gasteiger partial charge in [-0.25, -0.2) is 13.2 Å². The van der Waals surface area contributed by atoms with E-state index in [9.17, 15) is 13.2 Å². The average Bonchev–Trinajstić information content (AvgIpc) is 3.15. The molecule has 8 nitrogen and oxygen atoms in total. The van der Waals surface area contributed by atoms with Crippen LogP contribution in [0.25, 0.3) is 21.9 Å². The van der Waals surface area contributed by atoms with E-state index in [1.807, 2.05) is 24.3 Å². The van der Waals surface area contributed by atoms with E-state index in [4.69, 9.17) is 11.6 Å². The number of hydrogen-bond acceptors (Lipinski definition) is 5. The van der Waals surface area contributed by atoms with Crippen LogP contribution >= 0.6 is 11.6 Å². The van der Waals surface area contributed by atoms with Crippen molar-refractivity contribution < 1.29 is 8.42 Å². The predicted octanol–water partition coefficient (Wildman–Crippen LogP) is 2.56. The lowest BCUT2D eigenvalue weighted by Crippen LogP contribution is -2.48. The van der Waals surface area contributed by atoms with Gasteiger partial charge in [0.1, 0.15) is 0 Å². The number of pyridine rings is 1. The number of nitrogens with zero attached hydrogens (tertiary/aromatic N) is 3. The Labute approximate surface area is 183 Å². The minimum absolute atomic E-state index is 0.171. The van der Waals surface area contributed by atoms with Gasteiger partial charge in [0.25, 0.3) is 0 Å². The van der Waals surface area contributed by atoms with Crippen molar-refractivity contribution in [3.05, 3.63) is 69.7 Å². The topological polar surface area (TPSA) is 102 Å². The van der Waals surface area contributed by atoms with Crippen molar-refractivity contribution in [3.8, 4) is 0 Å². The summed E-state index contributed by atoms with van der Waals surface area (Å²) in [6.45, 7) is 2.53. The molecule has 1 aliphatic rings. The Morgan fingerprint density at radius 1 is 1.00 bits per heavy atom. The van der Waals surface area contributed by atoms with E-state index in [-0.39, 0.29) is 10.6 Å². The number of halogens is 1. The van der Waals surface area contributed by atoms with E-state index in [0.717, 1.165) is 16.5 Å². The molecule has 1 aliphatic heterocycles.